The molecule has 0 saturated heterocycles. The number of rotatable bonds is 3. The molecule has 20 heavy (non-hydrogen) atoms. The highest BCUT2D eigenvalue weighted by Gasteiger charge is 2.12. The van der Waals surface area contributed by atoms with E-state index in [0.717, 1.165) is 23.9 Å². The van der Waals surface area contributed by atoms with E-state index in [4.69, 9.17) is 0 Å². The molecule has 0 aliphatic heterocycles. The van der Waals surface area contributed by atoms with Crippen molar-refractivity contribution in [3.05, 3.63) is 44.7 Å². The molecular weight excluding hydrogens is 256 g/mol. The SMILES string of the molecule is CCCCn1c(=O)[nH]c2nc3cc(C)ccc3n2c1=O. The number of imidazole rings is 1. The molecule has 6 nitrogen and oxygen atoms in total. The van der Waals surface area contributed by atoms with E-state index in [1.165, 1.54) is 8.97 Å². The number of hydrogen-bond acceptors (Lipinski definition) is 3. The average molecular weight is 272 g/mol. The average Bonchev–Trinajstić information content (AvgIpc) is 2.75. The molecule has 0 saturated carbocycles. The van der Waals surface area contributed by atoms with E-state index >= 15 is 0 Å². The van der Waals surface area contributed by atoms with E-state index in [2.05, 4.69) is 9.97 Å². The molecule has 2 heterocycles. The zero-order valence-electron chi connectivity index (χ0n) is 11.5. The number of aryl methyl sites for hydroxylation is 1. The first-order valence-corrected chi connectivity index (χ1v) is 6.73. The summed E-state index contributed by atoms with van der Waals surface area (Å²) in [6.45, 7) is 4.41. The maximum absolute atomic E-state index is 12.5. The van der Waals surface area contributed by atoms with Crippen molar-refractivity contribution < 1.29 is 0 Å². The van der Waals surface area contributed by atoms with Crippen LogP contribution >= 0.6 is 0 Å². The van der Waals surface area contributed by atoms with Gasteiger partial charge >= 0.3 is 11.4 Å². The molecule has 3 aromatic rings. The van der Waals surface area contributed by atoms with Crippen molar-refractivity contribution in [2.24, 2.45) is 0 Å². The van der Waals surface area contributed by atoms with Gasteiger partial charge in [0.05, 0.1) is 11.0 Å². The highest BCUT2D eigenvalue weighted by molar-refractivity contribution is 5.79. The Morgan fingerprint density at radius 1 is 1.30 bits per heavy atom. The number of nitrogens with one attached hydrogen (secondary N) is 1. The van der Waals surface area contributed by atoms with Gasteiger partial charge in [-0.2, -0.15) is 0 Å². The molecular formula is C14H16N4O2. The Hall–Kier alpha value is -2.37. The maximum Gasteiger partial charge on any atom is 0.339 e. The molecule has 0 spiro atoms. The molecule has 3 rings (SSSR count). The number of hydrogen-bond donors (Lipinski definition) is 1. The van der Waals surface area contributed by atoms with E-state index < -0.39 is 5.69 Å². The molecule has 0 bridgehead atoms. The fourth-order valence-corrected chi connectivity index (χ4v) is 2.35. The van der Waals surface area contributed by atoms with Gasteiger partial charge in [-0.1, -0.05) is 19.4 Å². The van der Waals surface area contributed by atoms with Crippen molar-refractivity contribution in [1.82, 2.24) is 18.9 Å². The van der Waals surface area contributed by atoms with Crippen LogP contribution in [0.2, 0.25) is 0 Å². The molecule has 104 valence electrons. The topological polar surface area (TPSA) is 72.2 Å². The Labute approximate surface area is 114 Å². The number of H-pyrrole nitrogens is 1. The summed E-state index contributed by atoms with van der Waals surface area (Å²) in [6.07, 6.45) is 1.72. The predicted molar refractivity (Wildman–Crippen MR) is 77.2 cm³/mol. The summed E-state index contributed by atoms with van der Waals surface area (Å²) in [5.41, 5.74) is 1.77. The largest absolute Gasteiger partial charge is 0.339 e. The molecule has 1 aromatic carbocycles. The van der Waals surface area contributed by atoms with Crippen LogP contribution in [0.5, 0.6) is 0 Å². The van der Waals surface area contributed by atoms with Crippen LogP contribution in [0.15, 0.2) is 27.8 Å². The summed E-state index contributed by atoms with van der Waals surface area (Å²) in [6, 6.07) is 5.68. The highest BCUT2D eigenvalue weighted by atomic mass is 16.2. The molecule has 0 aliphatic carbocycles. The zero-order chi connectivity index (χ0) is 14.3. The summed E-state index contributed by atoms with van der Waals surface area (Å²) in [5.74, 6) is 0.299. The van der Waals surface area contributed by atoms with Gasteiger partial charge in [0, 0.05) is 6.54 Å². The number of fused-ring (bicyclic) bond motifs is 3. The third-order valence-corrected chi connectivity index (χ3v) is 3.43. The quantitative estimate of drug-likeness (QED) is 0.784. The summed E-state index contributed by atoms with van der Waals surface area (Å²) < 4.78 is 2.70. The van der Waals surface area contributed by atoms with E-state index in [-0.39, 0.29) is 5.69 Å². The Kier molecular flexibility index (Phi) is 2.93. The van der Waals surface area contributed by atoms with Gasteiger partial charge in [-0.25, -0.2) is 23.5 Å². The van der Waals surface area contributed by atoms with Crippen LogP contribution in [0.1, 0.15) is 25.3 Å². The van der Waals surface area contributed by atoms with Crippen molar-refractivity contribution in [3.63, 3.8) is 0 Å². The Morgan fingerprint density at radius 2 is 2.10 bits per heavy atom. The first-order chi connectivity index (χ1) is 9.61. The predicted octanol–water partition coefficient (Wildman–Crippen LogP) is 1.45. The van der Waals surface area contributed by atoms with Crippen molar-refractivity contribution >= 4 is 16.8 Å². The van der Waals surface area contributed by atoms with Crippen molar-refractivity contribution in [2.75, 3.05) is 0 Å². The minimum absolute atomic E-state index is 0.299. The van der Waals surface area contributed by atoms with Crippen LogP contribution in [0.3, 0.4) is 0 Å². The first-order valence-electron chi connectivity index (χ1n) is 6.73. The lowest BCUT2D eigenvalue weighted by atomic mass is 10.2. The van der Waals surface area contributed by atoms with Crippen LogP contribution in [0, 0.1) is 6.92 Å². The number of nitrogens with zero attached hydrogens (tertiary/aromatic N) is 3. The van der Waals surface area contributed by atoms with Crippen LogP contribution < -0.4 is 11.4 Å². The molecule has 0 aliphatic rings. The van der Waals surface area contributed by atoms with Gasteiger partial charge in [0.15, 0.2) is 0 Å². The number of aromatic nitrogens is 4. The lowest BCUT2D eigenvalue weighted by Gasteiger charge is -2.04. The molecule has 0 atom stereocenters. The van der Waals surface area contributed by atoms with Gasteiger partial charge in [0.1, 0.15) is 0 Å². The highest BCUT2D eigenvalue weighted by Crippen LogP contribution is 2.14. The lowest BCUT2D eigenvalue weighted by molar-refractivity contribution is 0.564. The van der Waals surface area contributed by atoms with Crippen LogP contribution in [-0.2, 0) is 6.54 Å². The third-order valence-electron chi connectivity index (χ3n) is 3.43. The van der Waals surface area contributed by atoms with Crippen LogP contribution in [0.4, 0.5) is 0 Å². The van der Waals surface area contributed by atoms with Gasteiger partial charge in [-0.15, -0.1) is 0 Å². The van der Waals surface area contributed by atoms with Crippen molar-refractivity contribution in [1.29, 1.82) is 0 Å². The second-order valence-corrected chi connectivity index (χ2v) is 4.98. The summed E-state index contributed by atoms with van der Waals surface area (Å²) in [4.78, 5) is 31.4. The van der Waals surface area contributed by atoms with Gasteiger partial charge in [0.25, 0.3) is 0 Å². The van der Waals surface area contributed by atoms with Gasteiger partial charge in [-0.05, 0) is 31.0 Å². The maximum atomic E-state index is 12.5. The van der Waals surface area contributed by atoms with Crippen LogP contribution in [0.25, 0.3) is 16.8 Å². The molecule has 2 aromatic heterocycles. The minimum Gasteiger partial charge on any atom is -0.277 e. The zero-order valence-corrected chi connectivity index (χ0v) is 11.5. The Bertz CT molecular complexity index is 901. The van der Waals surface area contributed by atoms with E-state index in [0.29, 0.717) is 17.8 Å². The van der Waals surface area contributed by atoms with Crippen LogP contribution in [-0.4, -0.2) is 18.9 Å². The van der Waals surface area contributed by atoms with Crippen molar-refractivity contribution in [3.8, 4) is 0 Å². The van der Waals surface area contributed by atoms with E-state index in [9.17, 15) is 9.59 Å². The summed E-state index contributed by atoms with van der Waals surface area (Å²) in [5, 5.41) is 0. The van der Waals surface area contributed by atoms with E-state index in [1.54, 1.807) is 0 Å². The second kappa shape index (κ2) is 4.63. The van der Waals surface area contributed by atoms with Gasteiger partial charge in [0.2, 0.25) is 5.78 Å². The minimum atomic E-state index is -0.400. The first kappa shape index (κ1) is 12.7. The van der Waals surface area contributed by atoms with Gasteiger partial charge < -0.3 is 0 Å². The van der Waals surface area contributed by atoms with Crippen molar-refractivity contribution in [2.45, 2.75) is 33.2 Å². The molecule has 6 heteroatoms. The lowest BCUT2D eigenvalue weighted by Crippen LogP contribution is -2.39. The van der Waals surface area contributed by atoms with Gasteiger partial charge in [-0.3, -0.25) is 4.98 Å². The molecule has 0 fully saturated rings. The fraction of sp³-hybridized carbons (Fsp3) is 0.357. The molecule has 1 N–H and O–H groups in total. The molecule has 0 unspecified atom stereocenters. The van der Waals surface area contributed by atoms with E-state index in [1.807, 2.05) is 32.0 Å². The number of unbranched alkanes of at least 4 members (excludes halogenated alkanes) is 1. The third kappa shape index (κ3) is 1.84. The number of aromatic amines is 1. The monoisotopic (exact) mass is 272 g/mol. The summed E-state index contributed by atoms with van der Waals surface area (Å²) in [7, 11) is 0. The fourth-order valence-electron chi connectivity index (χ4n) is 2.35. The normalized spacial score (nSPS) is 11.5. The standard InChI is InChI=1S/C14H16N4O2/c1-3-4-7-17-13(19)16-12-15-10-8-9(2)5-6-11(10)18(12)14(17)20/h5-6,8H,3-4,7H2,1-2H3,(H,15,16,19). The Balaban J connectivity index is 2.38. The second-order valence-electron chi connectivity index (χ2n) is 4.98. The molecule has 0 amide bonds. The summed E-state index contributed by atoms with van der Waals surface area (Å²) >= 11 is 0. The molecule has 0 radical (unpaired) electrons. The smallest absolute Gasteiger partial charge is 0.277 e. The number of benzene rings is 1. The Morgan fingerprint density at radius 3 is 2.85 bits per heavy atom.